The van der Waals surface area contributed by atoms with Crippen LogP contribution in [0.25, 0.3) is 0 Å². The number of hydrogen-bond acceptors (Lipinski definition) is 6. The molecule has 0 atom stereocenters. The highest BCUT2D eigenvalue weighted by atomic mass is 16.5. The lowest BCUT2D eigenvalue weighted by atomic mass is 10.1. The Kier molecular flexibility index (Phi) is 10.2. The van der Waals surface area contributed by atoms with Crippen molar-refractivity contribution in [3.8, 4) is 18.0 Å². The molecule has 0 aliphatic heterocycles. The molecule has 25 heavy (non-hydrogen) atoms. The molecule has 0 radical (unpaired) electrons. The maximum Gasteiger partial charge on any atom is 0.325 e. The minimum atomic E-state index is 0.272. The first-order valence-corrected chi connectivity index (χ1v) is 9.51. The third-order valence-electron chi connectivity index (χ3n) is 3.58. The molecule has 6 heteroatoms. The number of aromatic nitrogens is 3. The third kappa shape index (κ3) is 10.8. The molecule has 0 aliphatic rings. The van der Waals surface area contributed by atoms with E-state index < -0.39 is 0 Å². The summed E-state index contributed by atoms with van der Waals surface area (Å²) < 4.78 is 17.0. The zero-order valence-electron chi connectivity index (χ0n) is 16.7. The number of hydrogen-bond donors (Lipinski definition) is 0. The topological polar surface area (TPSA) is 66.4 Å². The molecule has 6 nitrogen and oxygen atoms in total. The predicted molar refractivity (Wildman–Crippen MR) is 99.3 cm³/mol. The summed E-state index contributed by atoms with van der Waals surface area (Å²) in [6.45, 7) is 14.7. The highest BCUT2D eigenvalue weighted by Gasteiger charge is 2.11. The number of ether oxygens (including phenoxy) is 3. The van der Waals surface area contributed by atoms with Crippen molar-refractivity contribution < 1.29 is 14.2 Å². The second-order valence-corrected chi connectivity index (χ2v) is 7.63. The normalized spacial score (nSPS) is 11.4. The van der Waals surface area contributed by atoms with Crippen LogP contribution in [0.2, 0.25) is 0 Å². The second-order valence-electron chi connectivity index (χ2n) is 7.63. The van der Waals surface area contributed by atoms with Crippen LogP contribution >= 0.6 is 0 Å². The van der Waals surface area contributed by atoms with Gasteiger partial charge in [0.2, 0.25) is 0 Å². The lowest BCUT2D eigenvalue weighted by molar-refractivity contribution is 0.220. The molecule has 144 valence electrons. The van der Waals surface area contributed by atoms with Gasteiger partial charge in [-0.15, -0.1) is 15.0 Å². The first kappa shape index (κ1) is 21.5. The van der Waals surface area contributed by atoms with Gasteiger partial charge in [0.25, 0.3) is 0 Å². The fraction of sp³-hybridized carbons (Fsp3) is 0.842. The van der Waals surface area contributed by atoms with Crippen LogP contribution in [-0.2, 0) is 0 Å². The molecule has 0 spiro atoms. The van der Waals surface area contributed by atoms with E-state index in [0.717, 1.165) is 25.7 Å². The monoisotopic (exact) mass is 353 g/mol. The van der Waals surface area contributed by atoms with Crippen LogP contribution < -0.4 is 14.2 Å². The summed E-state index contributed by atoms with van der Waals surface area (Å²) in [6, 6.07) is 0.820. The smallest absolute Gasteiger partial charge is 0.325 e. The highest BCUT2D eigenvalue weighted by Crippen LogP contribution is 2.17. The van der Waals surface area contributed by atoms with E-state index in [-0.39, 0.29) is 18.0 Å². The highest BCUT2D eigenvalue weighted by molar-refractivity contribution is 5.09. The van der Waals surface area contributed by atoms with Crippen LogP contribution in [0.3, 0.4) is 0 Å². The second kappa shape index (κ2) is 11.9. The van der Waals surface area contributed by atoms with Crippen LogP contribution in [0.4, 0.5) is 0 Å². The Labute approximate surface area is 152 Å². The van der Waals surface area contributed by atoms with Crippen LogP contribution in [0.1, 0.15) is 67.2 Å². The van der Waals surface area contributed by atoms with Crippen molar-refractivity contribution >= 4 is 0 Å². The molecule has 0 unspecified atom stereocenters. The molecule has 0 N–H and O–H groups in total. The minimum absolute atomic E-state index is 0.272. The fourth-order valence-electron chi connectivity index (χ4n) is 1.94. The quantitative estimate of drug-likeness (QED) is 0.485. The molecule has 0 amide bonds. The van der Waals surface area contributed by atoms with Gasteiger partial charge < -0.3 is 14.2 Å². The lowest BCUT2D eigenvalue weighted by Gasteiger charge is -2.11. The van der Waals surface area contributed by atoms with Crippen molar-refractivity contribution in [2.24, 2.45) is 17.8 Å². The van der Waals surface area contributed by atoms with E-state index in [0.29, 0.717) is 37.6 Å². The van der Waals surface area contributed by atoms with E-state index in [2.05, 4.69) is 56.5 Å². The van der Waals surface area contributed by atoms with Gasteiger partial charge in [-0.1, -0.05) is 41.5 Å². The Bertz CT molecular complexity index is 447. The maximum atomic E-state index is 5.67. The van der Waals surface area contributed by atoms with Crippen LogP contribution in [0.5, 0.6) is 18.0 Å². The van der Waals surface area contributed by atoms with Gasteiger partial charge in [-0.3, -0.25) is 0 Å². The summed E-state index contributed by atoms with van der Waals surface area (Å²) in [5, 5.41) is 0. The molecule has 0 saturated carbocycles. The number of nitrogens with zero attached hydrogens (tertiary/aromatic N) is 3. The largest absolute Gasteiger partial charge is 0.463 e. The molecular weight excluding hydrogens is 318 g/mol. The van der Waals surface area contributed by atoms with E-state index in [1.165, 1.54) is 0 Å². The van der Waals surface area contributed by atoms with Gasteiger partial charge in [0.05, 0.1) is 19.8 Å². The van der Waals surface area contributed by atoms with E-state index in [1.54, 1.807) is 0 Å². The standard InChI is InChI=1S/C19H35N3O3/c1-14(2)8-7-11-23-17-20-18(24-12-9-15(3)4)22-19(21-17)25-13-10-16(5)6/h14-16H,7-13H2,1-6H3. The van der Waals surface area contributed by atoms with Crippen LogP contribution in [-0.4, -0.2) is 34.8 Å². The van der Waals surface area contributed by atoms with E-state index in [9.17, 15) is 0 Å². The Balaban J connectivity index is 2.64. The summed E-state index contributed by atoms with van der Waals surface area (Å²) in [5.74, 6) is 1.79. The van der Waals surface area contributed by atoms with Gasteiger partial charge in [-0.25, -0.2) is 0 Å². The molecule has 0 saturated heterocycles. The molecule has 0 bridgehead atoms. The van der Waals surface area contributed by atoms with Gasteiger partial charge in [0.1, 0.15) is 0 Å². The van der Waals surface area contributed by atoms with Crippen molar-refractivity contribution in [1.82, 2.24) is 15.0 Å². The van der Waals surface area contributed by atoms with Gasteiger partial charge in [0, 0.05) is 0 Å². The van der Waals surface area contributed by atoms with Gasteiger partial charge >= 0.3 is 18.0 Å². The summed E-state index contributed by atoms with van der Waals surface area (Å²) in [5.41, 5.74) is 0. The van der Waals surface area contributed by atoms with Crippen LogP contribution in [0.15, 0.2) is 0 Å². The third-order valence-corrected chi connectivity index (χ3v) is 3.58. The van der Waals surface area contributed by atoms with Crippen molar-refractivity contribution in [3.05, 3.63) is 0 Å². The van der Waals surface area contributed by atoms with Gasteiger partial charge in [-0.2, -0.15) is 0 Å². The Morgan fingerprint density at radius 3 is 1.28 bits per heavy atom. The van der Waals surface area contributed by atoms with E-state index in [4.69, 9.17) is 14.2 Å². The molecule has 0 aliphatic carbocycles. The summed E-state index contributed by atoms with van der Waals surface area (Å²) in [4.78, 5) is 12.7. The average Bonchev–Trinajstić information content (AvgIpc) is 2.50. The molecule has 0 fully saturated rings. The molecule has 1 aromatic heterocycles. The zero-order valence-corrected chi connectivity index (χ0v) is 16.7. The zero-order chi connectivity index (χ0) is 18.7. The Hall–Kier alpha value is -1.59. The summed E-state index contributed by atoms with van der Waals surface area (Å²) in [7, 11) is 0. The Morgan fingerprint density at radius 2 is 0.920 bits per heavy atom. The van der Waals surface area contributed by atoms with E-state index in [1.807, 2.05) is 0 Å². The first-order chi connectivity index (χ1) is 11.9. The SMILES string of the molecule is CC(C)CCCOc1nc(OCCC(C)C)nc(OCCC(C)C)n1. The molecule has 1 rings (SSSR count). The molecular formula is C19H35N3O3. The van der Waals surface area contributed by atoms with Crippen molar-refractivity contribution in [2.75, 3.05) is 19.8 Å². The average molecular weight is 354 g/mol. The maximum absolute atomic E-state index is 5.67. The Morgan fingerprint density at radius 1 is 0.560 bits per heavy atom. The van der Waals surface area contributed by atoms with Gasteiger partial charge in [-0.05, 0) is 43.4 Å². The molecule has 1 heterocycles. The predicted octanol–water partition coefficient (Wildman–Crippen LogP) is 4.54. The molecule has 0 aromatic carbocycles. The van der Waals surface area contributed by atoms with Crippen LogP contribution in [0, 0.1) is 17.8 Å². The van der Waals surface area contributed by atoms with Crippen molar-refractivity contribution in [3.63, 3.8) is 0 Å². The fourth-order valence-corrected chi connectivity index (χ4v) is 1.94. The number of rotatable bonds is 13. The summed E-state index contributed by atoms with van der Waals surface area (Å²) in [6.07, 6.45) is 3.97. The molecule has 1 aromatic rings. The van der Waals surface area contributed by atoms with Crippen molar-refractivity contribution in [2.45, 2.75) is 67.2 Å². The van der Waals surface area contributed by atoms with Gasteiger partial charge in [0.15, 0.2) is 0 Å². The lowest BCUT2D eigenvalue weighted by Crippen LogP contribution is -2.10. The first-order valence-electron chi connectivity index (χ1n) is 9.51. The minimum Gasteiger partial charge on any atom is -0.463 e. The summed E-state index contributed by atoms with van der Waals surface area (Å²) >= 11 is 0. The van der Waals surface area contributed by atoms with E-state index >= 15 is 0 Å². The van der Waals surface area contributed by atoms with Crippen molar-refractivity contribution in [1.29, 1.82) is 0 Å².